The molecular weight excluding hydrogens is 387 g/mol. The van der Waals surface area contributed by atoms with Crippen LogP contribution in [0, 0.1) is 5.82 Å². The average molecular weight is 415 g/mol. The maximum absolute atomic E-state index is 13.5. The first kappa shape index (κ1) is 20.1. The summed E-state index contributed by atoms with van der Waals surface area (Å²) in [6, 6.07) is 8.49. The molecule has 0 unspecified atom stereocenters. The number of halogens is 1. The Morgan fingerprint density at radius 1 is 1.21 bits per heavy atom. The van der Waals surface area contributed by atoms with Gasteiger partial charge < -0.3 is 9.80 Å². The summed E-state index contributed by atoms with van der Waals surface area (Å²) < 4.78 is 13.5. The fourth-order valence-electron chi connectivity index (χ4n) is 4.10. The van der Waals surface area contributed by atoms with E-state index >= 15 is 0 Å². The minimum absolute atomic E-state index is 0.0204. The van der Waals surface area contributed by atoms with Crippen molar-refractivity contribution >= 4 is 23.2 Å². The Hall–Kier alpha value is -2.21. The summed E-state index contributed by atoms with van der Waals surface area (Å²) in [5.41, 5.74) is 2.03. The Balaban J connectivity index is 1.57. The van der Waals surface area contributed by atoms with Crippen molar-refractivity contribution in [2.45, 2.75) is 57.5 Å². The van der Waals surface area contributed by atoms with Gasteiger partial charge in [0.2, 0.25) is 11.8 Å². The van der Waals surface area contributed by atoms with Crippen LogP contribution in [-0.4, -0.2) is 40.7 Å². The molecule has 2 aromatic rings. The zero-order valence-corrected chi connectivity index (χ0v) is 17.6. The van der Waals surface area contributed by atoms with Crippen LogP contribution in [0.3, 0.4) is 0 Å². The maximum Gasteiger partial charge on any atom is 0.243 e. The molecule has 2 heterocycles. The molecule has 1 aromatic carbocycles. The van der Waals surface area contributed by atoms with Crippen LogP contribution < -0.4 is 0 Å². The minimum atomic E-state index is -0.283. The lowest BCUT2D eigenvalue weighted by molar-refractivity contribution is -0.142. The molecule has 154 valence electrons. The van der Waals surface area contributed by atoms with Crippen molar-refractivity contribution in [3.63, 3.8) is 0 Å². The number of rotatable bonds is 7. The molecule has 2 amide bonds. The van der Waals surface area contributed by atoms with E-state index in [4.69, 9.17) is 0 Å². The second kappa shape index (κ2) is 8.66. The van der Waals surface area contributed by atoms with Crippen LogP contribution in [0.25, 0.3) is 0 Å². The average Bonchev–Trinajstić information content (AvgIpc) is 3.45. The molecule has 0 radical (unpaired) electrons. The number of hydrogen-bond donors (Lipinski definition) is 0. The second-order valence-corrected chi connectivity index (χ2v) is 8.95. The topological polar surface area (TPSA) is 40.6 Å². The summed E-state index contributed by atoms with van der Waals surface area (Å²) in [6.07, 6.45) is 5.14. The van der Waals surface area contributed by atoms with Gasteiger partial charge in [0.25, 0.3) is 0 Å². The summed E-state index contributed by atoms with van der Waals surface area (Å²) in [4.78, 5) is 31.0. The molecule has 6 heteroatoms. The Kier molecular flexibility index (Phi) is 5.99. The van der Waals surface area contributed by atoms with Crippen molar-refractivity contribution in [3.05, 3.63) is 57.5 Å². The number of nitrogens with zero attached hydrogens (tertiary/aromatic N) is 2. The number of carbonyl (C=O) groups excluding carboxylic acids is 2. The van der Waals surface area contributed by atoms with Crippen LogP contribution in [-0.2, 0) is 16.0 Å². The molecule has 1 aliphatic heterocycles. The van der Waals surface area contributed by atoms with Crippen LogP contribution in [0.2, 0.25) is 0 Å². The molecule has 2 aliphatic rings. The molecule has 0 bridgehead atoms. The number of hydrogen-bond acceptors (Lipinski definition) is 3. The predicted octanol–water partition coefficient (Wildman–Crippen LogP) is 4.54. The van der Waals surface area contributed by atoms with E-state index in [1.54, 1.807) is 28.4 Å². The number of benzene rings is 1. The molecule has 0 spiro atoms. The Labute approximate surface area is 175 Å². The van der Waals surface area contributed by atoms with E-state index in [9.17, 15) is 14.0 Å². The van der Waals surface area contributed by atoms with Crippen molar-refractivity contribution in [3.8, 4) is 0 Å². The molecule has 1 fully saturated rings. The van der Waals surface area contributed by atoms with Crippen molar-refractivity contribution in [2.24, 2.45) is 0 Å². The highest BCUT2D eigenvalue weighted by molar-refractivity contribution is 7.10. The van der Waals surface area contributed by atoms with E-state index < -0.39 is 0 Å². The zero-order valence-electron chi connectivity index (χ0n) is 16.8. The smallest absolute Gasteiger partial charge is 0.243 e. The minimum Gasteiger partial charge on any atom is -0.330 e. The molecule has 0 saturated heterocycles. The Bertz CT molecular complexity index is 875. The number of thiophene rings is 1. The van der Waals surface area contributed by atoms with Gasteiger partial charge in [-0.1, -0.05) is 25.5 Å². The maximum atomic E-state index is 13.5. The predicted molar refractivity (Wildman–Crippen MR) is 112 cm³/mol. The third-order valence-corrected chi connectivity index (χ3v) is 6.83. The third kappa shape index (κ3) is 4.37. The van der Waals surface area contributed by atoms with Gasteiger partial charge in [0, 0.05) is 23.9 Å². The number of unbranched alkanes of at least 4 members (excludes halogenated alkanes) is 1. The first-order valence-electron chi connectivity index (χ1n) is 10.5. The highest BCUT2D eigenvalue weighted by atomic mass is 32.1. The van der Waals surface area contributed by atoms with Crippen LogP contribution in [0.15, 0.2) is 35.7 Å². The van der Waals surface area contributed by atoms with Gasteiger partial charge in [-0.05, 0) is 60.4 Å². The van der Waals surface area contributed by atoms with E-state index in [1.165, 1.54) is 17.0 Å². The Morgan fingerprint density at radius 2 is 1.97 bits per heavy atom. The van der Waals surface area contributed by atoms with Gasteiger partial charge in [-0.3, -0.25) is 9.59 Å². The number of amides is 2. The van der Waals surface area contributed by atoms with Crippen molar-refractivity contribution in [1.29, 1.82) is 0 Å². The summed E-state index contributed by atoms with van der Waals surface area (Å²) in [5, 5.41) is 2.06. The summed E-state index contributed by atoms with van der Waals surface area (Å²) in [5.74, 6) is -0.211. The Morgan fingerprint density at radius 3 is 2.66 bits per heavy atom. The molecular formula is C23H27FN2O2S. The largest absolute Gasteiger partial charge is 0.330 e. The van der Waals surface area contributed by atoms with Gasteiger partial charge in [-0.25, -0.2) is 4.39 Å². The SMILES string of the molecule is CCCCC(=O)N(CC(=O)N1CCc2sccc2[C@@H]1c1ccc(F)cc1)C1CC1. The molecule has 4 rings (SSSR count). The van der Waals surface area contributed by atoms with Crippen LogP contribution in [0.1, 0.15) is 61.1 Å². The van der Waals surface area contributed by atoms with Crippen LogP contribution in [0.4, 0.5) is 4.39 Å². The first-order chi connectivity index (χ1) is 14.1. The lowest BCUT2D eigenvalue weighted by Crippen LogP contribution is -2.47. The molecule has 0 N–H and O–H groups in total. The molecule has 1 aliphatic carbocycles. The quantitative estimate of drug-likeness (QED) is 0.667. The van der Waals surface area contributed by atoms with Crippen LogP contribution in [0.5, 0.6) is 0 Å². The van der Waals surface area contributed by atoms with Gasteiger partial charge in [-0.2, -0.15) is 0 Å². The van der Waals surface area contributed by atoms with Gasteiger partial charge >= 0.3 is 0 Å². The zero-order chi connectivity index (χ0) is 20.4. The molecule has 1 saturated carbocycles. The fourth-order valence-corrected chi connectivity index (χ4v) is 5.01. The highest BCUT2D eigenvalue weighted by Crippen LogP contribution is 2.38. The van der Waals surface area contributed by atoms with Gasteiger partial charge in [0.1, 0.15) is 12.4 Å². The normalized spacial score (nSPS) is 18.4. The van der Waals surface area contributed by atoms with E-state index in [2.05, 4.69) is 18.4 Å². The lowest BCUT2D eigenvalue weighted by Gasteiger charge is -2.37. The third-order valence-electron chi connectivity index (χ3n) is 5.83. The molecule has 4 nitrogen and oxygen atoms in total. The van der Waals surface area contributed by atoms with E-state index in [-0.39, 0.29) is 36.3 Å². The van der Waals surface area contributed by atoms with Gasteiger partial charge in [0.15, 0.2) is 0 Å². The number of fused-ring (bicyclic) bond motifs is 1. The fraction of sp³-hybridized carbons (Fsp3) is 0.478. The van der Waals surface area contributed by atoms with E-state index in [0.29, 0.717) is 13.0 Å². The standard InChI is InChI=1S/C23H27FN2O2S/c1-2-3-4-21(27)26(18-9-10-18)15-22(28)25-13-11-20-19(12-14-29-20)23(25)16-5-7-17(24)8-6-16/h5-8,12,14,18,23H,2-4,9-11,13,15H2,1H3/t23-/m0/s1. The molecule has 1 atom stereocenters. The summed E-state index contributed by atoms with van der Waals surface area (Å²) >= 11 is 1.71. The van der Waals surface area contributed by atoms with Gasteiger partial charge in [-0.15, -0.1) is 11.3 Å². The van der Waals surface area contributed by atoms with Crippen molar-refractivity contribution in [2.75, 3.05) is 13.1 Å². The van der Waals surface area contributed by atoms with E-state index in [1.807, 2.05) is 4.90 Å². The summed E-state index contributed by atoms with van der Waals surface area (Å²) in [6.45, 7) is 2.83. The van der Waals surface area contributed by atoms with Crippen molar-refractivity contribution < 1.29 is 14.0 Å². The monoisotopic (exact) mass is 414 g/mol. The van der Waals surface area contributed by atoms with Crippen LogP contribution >= 0.6 is 11.3 Å². The lowest BCUT2D eigenvalue weighted by atomic mass is 9.93. The second-order valence-electron chi connectivity index (χ2n) is 7.95. The number of carbonyl (C=O) groups is 2. The van der Waals surface area contributed by atoms with Gasteiger partial charge in [0.05, 0.1) is 6.04 Å². The first-order valence-corrected chi connectivity index (χ1v) is 11.4. The summed E-state index contributed by atoms with van der Waals surface area (Å²) in [7, 11) is 0. The molecule has 29 heavy (non-hydrogen) atoms. The van der Waals surface area contributed by atoms with E-state index in [0.717, 1.165) is 43.2 Å². The van der Waals surface area contributed by atoms with Crippen molar-refractivity contribution in [1.82, 2.24) is 9.80 Å². The highest BCUT2D eigenvalue weighted by Gasteiger charge is 2.37. The molecule has 1 aromatic heterocycles.